The Hall–Kier alpha value is -5.29. The highest BCUT2D eigenvalue weighted by atomic mass is 32.2. The van der Waals surface area contributed by atoms with E-state index in [1.807, 2.05) is 63.4 Å². The number of hydrogen-bond donors (Lipinski definition) is 4. The quantitative estimate of drug-likeness (QED) is 0.124. The lowest BCUT2D eigenvalue weighted by molar-refractivity contribution is -0.181. The van der Waals surface area contributed by atoms with Crippen molar-refractivity contribution in [3.05, 3.63) is 105 Å². The highest BCUT2D eigenvalue weighted by molar-refractivity contribution is 7.99. The summed E-state index contributed by atoms with van der Waals surface area (Å²) in [7, 11) is 3.55. The predicted octanol–water partition coefficient (Wildman–Crippen LogP) is 5.80. The molecule has 14 nitrogen and oxygen atoms in total. The number of aryl methyl sites for hydroxylation is 1. The van der Waals surface area contributed by atoms with Gasteiger partial charge in [-0.2, -0.15) is 0 Å². The molecule has 4 bridgehead atoms. The van der Waals surface area contributed by atoms with Gasteiger partial charge < -0.3 is 43.6 Å². The van der Waals surface area contributed by atoms with Crippen LogP contribution < -0.4 is 29.0 Å². The van der Waals surface area contributed by atoms with Crippen molar-refractivity contribution in [3.8, 4) is 34.5 Å². The van der Waals surface area contributed by atoms with Gasteiger partial charge in [0.2, 0.25) is 6.79 Å². The molecule has 4 aromatic carbocycles. The number of ether oxygens (including phenoxy) is 6. The van der Waals surface area contributed by atoms with Gasteiger partial charge in [0.25, 0.3) is 0 Å². The minimum atomic E-state index is -1.22. The summed E-state index contributed by atoms with van der Waals surface area (Å²) in [6.07, 6.45) is 0.147. The molecule has 7 aliphatic heterocycles. The lowest BCUT2D eigenvalue weighted by Gasteiger charge is -2.61. The number of esters is 1. The number of thioether (sulfide) groups is 1. The Morgan fingerprint density at radius 3 is 2.65 bits per heavy atom. The average Bonchev–Trinajstić information content (AvgIpc) is 3.91. The summed E-state index contributed by atoms with van der Waals surface area (Å²) in [5.74, 6) is 2.12. The number of hydrogen-bond acceptors (Lipinski definition) is 14. The molecule has 328 valence electrons. The Labute approximate surface area is 368 Å². The van der Waals surface area contributed by atoms with Gasteiger partial charge in [0.15, 0.2) is 28.8 Å². The number of aromatic nitrogens is 1. The van der Waals surface area contributed by atoms with Gasteiger partial charge in [-0.3, -0.25) is 24.7 Å². The number of benzene rings is 4. The van der Waals surface area contributed by atoms with Crippen LogP contribution in [0, 0.1) is 13.8 Å². The largest absolute Gasteiger partial charge is 0.504 e. The van der Waals surface area contributed by atoms with E-state index in [0.29, 0.717) is 65.7 Å². The van der Waals surface area contributed by atoms with E-state index in [0.717, 1.165) is 50.2 Å². The molecule has 0 saturated carbocycles. The van der Waals surface area contributed by atoms with Crippen molar-refractivity contribution in [2.45, 2.75) is 81.4 Å². The van der Waals surface area contributed by atoms with Crippen LogP contribution in [0.5, 0.6) is 34.5 Å². The molecule has 8 heterocycles. The minimum Gasteiger partial charge on any atom is -0.504 e. The van der Waals surface area contributed by atoms with Crippen molar-refractivity contribution < 1.29 is 48.2 Å². The van der Waals surface area contributed by atoms with Crippen LogP contribution in [-0.2, 0) is 39.3 Å². The Bertz CT molecular complexity index is 2710. The van der Waals surface area contributed by atoms with Crippen LogP contribution in [0.4, 0.5) is 0 Å². The third-order valence-corrected chi connectivity index (χ3v) is 15.7. The lowest BCUT2D eigenvalue weighted by Crippen LogP contribution is -2.69. The molecule has 1 unspecified atom stereocenters. The number of phenolic OH excluding ortho intramolecular Hbond substituents is 1. The zero-order valence-electron chi connectivity index (χ0n) is 35.8. The van der Waals surface area contributed by atoms with Crippen LogP contribution in [0.1, 0.15) is 74.5 Å². The number of rotatable bonds is 5. The fourth-order valence-electron chi connectivity index (χ4n) is 11.5. The maximum absolute atomic E-state index is 15.1. The number of ketones is 1. The van der Waals surface area contributed by atoms with Gasteiger partial charge in [-0.05, 0) is 74.2 Å². The number of aromatic hydroxyl groups is 1. The van der Waals surface area contributed by atoms with Gasteiger partial charge in [0, 0.05) is 64.1 Å². The van der Waals surface area contributed by atoms with Crippen molar-refractivity contribution in [3.63, 3.8) is 0 Å². The number of likely N-dealkylation sites (N-methyl/N-ethyl adjacent to an activating group) is 1. The average molecular weight is 875 g/mol. The molecule has 1 aromatic heterocycles. The number of Topliss-reactive ketones (excluding diaryl/α,β-unsaturated/α-hetero) is 1. The van der Waals surface area contributed by atoms with E-state index in [2.05, 4.69) is 32.2 Å². The van der Waals surface area contributed by atoms with Crippen LogP contribution in [0.3, 0.4) is 0 Å². The van der Waals surface area contributed by atoms with Gasteiger partial charge in [-0.15, -0.1) is 11.8 Å². The molecule has 0 aliphatic carbocycles. The fraction of sp³-hybridized carbons (Fsp3) is 0.417. The smallest absolute Gasteiger partial charge is 0.308 e. The number of carbonyl (C=O) groups is 2. The van der Waals surface area contributed by atoms with Crippen molar-refractivity contribution in [1.29, 1.82) is 0 Å². The highest BCUT2D eigenvalue weighted by Crippen LogP contribution is 2.64. The van der Waals surface area contributed by atoms with Gasteiger partial charge in [0.05, 0.1) is 37.1 Å². The molecule has 5 aromatic rings. The molecule has 63 heavy (non-hydrogen) atoms. The molecular weight excluding hydrogens is 825 g/mol. The molecule has 2 saturated heterocycles. The van der Waals surface area contributed by atoms with Crippen LogP contribution in [0.2, 0.25) is 0 Å². The maximum atomic E-state index is 15.1. The first-order valence-corrected chi connectivity index (χ1v) is 22.6. The van der Waals surface area contributed by atoms with E-state index >= 15 is 4.79 Å². The Morgan fingerprint density at radius 1 is 1.05 bits per heavy atom. The summed E-state index contributed by atoms with van der Waals surface area (Å²) in [5.41, 5.74) is 7.02. The second-order valence-corrected chi connectivity index (χ2v) is 18.7. The zero-order chi connectivity index (χ0) is 43.5. The number of fused-ring (bicyclic) bond motifs is 12. The topological polar surface area (TPSA) is 164 Å². The number of nitrogens with zero attached hydrogens (tertiary/aromatic N) is 2. The number of aliphatic hydroxyl groups is 1. The number of carbonyl (C=O) groups excluding carboxylic acids is 2. The molecule has 7 atom stereocenters. The molecule has 7 aliphatic rings. The predicted molar refractivity (Wildman–Crippen MR) is 234 cm³/mol. The van der Waals surface area contributed by atoms with E-state index in [4.69, 9.17) is 28.4 Å². The number of aliphatic hydroxyl groups excluding tert-OH is 1. The summed E-state index contributed by atoms with van der Waals surface area (Å²) in [5, 5.41) is 29.0. The van der Waals surface area contributed by atoms with Crippen molar-refractivity contribution in [1.82, 2.24) is 20.1 Å². The second-order valence-electron chi connectivity index (χ2n) is 17.5. The molecule has 4 N–H and O–H groups in total. The van der Waals surface area contributed by atoms with Crippen molar-refractivity contribution in [2.75, 3.05) is 46.5 Å². The van der Waals surface area contributed by atoms with Crippen LogP contribution in [0.15, 0.2) is 54.6 Å². The van der Waals surface area contributed by atoms with E-state index in [1.54, 1.807) is 18.9 Å². The summed E-state index contributed by atoms with van der Waals surface area (Å²) in [6.45, 7) is 5.86. The third kappa shape index (κ3) is 6.03. The molecule has 0 radical (unpaired) electrons. The number of methoxy groups -OCH3 is 1. The van der Waals surface area contributed by atoms with Gasteiger partial charge in [0.1, 0.15) is 36.5 Å². The van der Waals surface area contributed by atoms with E-state index in [1.165, 1.54) is 6.92 Å². The maximum Gasteiger partial charge on any atom is 0.308 e. The lowest BCUT2D eigenvalue weighted by atomic mass is 9.73. The number of H-pyrrole nitrogens is 1. The van der Waals surface area contributed by atoms with Crippen molar-refractivity contribution in [2.24, 2.45) is 0 Å². The fourth-order valence-corrected chi connectivity index (χ4v) is 13.2. The van der Waals surface area contributed by atoms with Gasteiger partial charge in [-0.25, -0.2) is 0 Å². The van der Waals surface area contributed by atoms with Crippen LogP contribution in [-0.4, -0.2) is 102 Å². The molecule has 1 spiro atoms. The van der Waals surface area contributed by atoms with E-state index in [9.17, 15) is 15.0 Å². The first-order chi connectivity index (χ1) is 30.5. The van der Waals surface area contributed by atoms with Crippen LogP contribution in [0.25, 0.3) is 10.9 Å². The highest BCUT2D eigenvalue weighted by Gasteiger charge is 2.61. The minimum absolute atomic E-state index is 0.000969. The second kappa shape index (κ2) is 15.2. The van der Waals surface area contributed by atoms with Crippen LogP contribution >= 0.6 is 11.8 Å². The van der Waals surface area contributed by atoms with E-state index < -0.39 is 41.1 Å². The summed E-state index contributed by atoms with van der Waals surface area (Å²) in [4.78, 5) is 36.1. The molecule has 2 fully saturated rings. The summed E-state index contributed by atoms with van der Waals surface area (Å²) in [6, 6.07) is 16.0. The number of piperazine rings is 1. The molecule has 12 rings (SSSR count). The molecule has 15 heteroatoms. The molecule has 0 amide bonds. The first kappa shape index (κ1) is 40.5. The normalized spacial score (nSPS) is 27.3. The molecular formula is C48H50N4O10S. The summed E-state index contributed by atoms with van der Waals surface area (Å²) < 4.78 is 37.3. The SMILES string of the molecule is COc1c(C)cc2c(c1O)[C@@H]1C3[C@@H]4SC[C@]5(NCCc6c5[nH]c5ccc(OCc7ccccc7)cc65)C(=O)COC[C@H](c5c6c(c(C)c(OC(C)=O)c54)OCO6)N3[C@@H](O)[C@H](C2)N1C. The number of aromatic amines is 1. The number of nitrogens with one attached hydrogen (secondary N) is 2. The zero-order valence-corrected chi connectivity index (χ0v) is 36.6. The standard InChI is InChI=1S/C48H50N4O10S/c1-23-15-27-16-32-47(56)52-33-19-58-20-34(54)48(46-29(13-14-49-48)30-17-28(11-12-31(30)50-46)59-18-26-9-7-6-8-10-26)21-63-45(39(52)38(51(32)4)35(27)40(55)41(23)57-5)37-36(33)44-43(60-22-61-44)24(2)42(37)62-25(3)53/h6-12,15,17,32-33,38-39,45,47,49-50,55-56H,13-14,16,18-22H2,1-5H3/t32-,33+,38+,39?,45+,47-,48-/m0/s1. The Morgan fingerprint density at radius 2 is 1.86 bits per heavy atom. The number of phenols is 1. The Kier molecular flexibility index (Phi) is 9.75. The monoisotopic (exact) mass is 874 g/mol. The van der Waals surface area contributed by atoms with E-state index in [-0.39, 0.29) is 43.3 Å². The Balaban J connectivity index is 1.10. The third-order valence-electron chi connectivity index (χ3n) is 14.2. The van der Waals surface area contributed by atoms with Gasteiger partial charge >= 0.3 is 5.97 Å². The summed E-state index contributed by atoms with van der Waals surface area (Å²) >= 11 is 1.56. The van der Waals surface area contributed by atoms with Gasteiger partial charge in [-0.1, -0.05) is 36.4 Å². The first-order valence-electron chi connectivity index (χ1n) is 21.5. The van der Waals surface area contributed by atoms with Crippen molar-refractivity contribution >= 4 is 34.4 Å².